The van der Waals surface area contributed by atoms with Gasteiger partial charge in [-0.3, -0.25) is 4.99 Å². The highest BCUT2D eigenvalue weighted by Gasteiger charge is 2.51. The number of nitrogens with one attached hydrogen (secondary N) is 1. The SMILES string of the molecule is CCC1C2NC3=CC4=C(CC3C2C)CC1(CC)CN=CC4. The summed E-state index contributed by atoms with van der Waals surface area (Å²) in [7, 11) is 0. The van der Waals surface area contributed by atoms with E-state index in [1.54, 1.807) is 11.1 Å². The Hall–Kier alpha value is -1.05. The molecule has 0 aromatic heterocycles. The molecule has 2 fully saturated rings. The van der Waals surface area contributed by atoms with Gasteiger partial charge in [-0.25, -0.2) is 0 Å². The molecule has 0 radical (unpaired) electrons. The summed E-state index contributed by atoms with van der Waals surface area (Å²) in [6.45, 7) is 8.29. The van der Waals surface area contributed by atoms with Gasteiger partial charge >= 0.3 is 0 Å². The predicted octanol–water partition coefficient (Wildman–Crippen LogP) is 4.10. The highest BCUT2D eigenvalue weighted by atomic mass is 15.0. The third-order valence-electron chi connectivity index (χ3n) is 6.96. The van der Waals surface area contributed by atoms with E-state index in [0.717, 1.165) is 30.7 Å². The molecule has 114 valence electrons. The van der Waals surface area contributed by atoms with Gasteiger partial charge in [0.05, 0.1) is 0 Å². The van der Waals surface area contributed by atoms with Crippen molar-refractivity contribution < 1.29 is 0 Å². The largest absolute Gasteiger partial charge is 0.385 e. The summed E-state index contributed by atoms with van der Waals surface area (Å²) >= 11 is 0. The van der Waals surface area contributed by atoms with Crippen molar-refractivity contribution in [3.8, 4) is 0 Å². The summed E-state index contributed by atoms with van der Waals surface area (Å²) in [4.78, 5) is 4.84. The highest BCUT2D eigenvalue weighted by molar-refractivity contribution is 5.64. The van der Waals surface area contributed by atoms with Gasteiger partial charge in [-0.15, -0.1) is 0 Å². The van der Waals surface area contributed by atoms with Crippen LogP contribution in [0, 0.1) is 23.2 Å². The first-order valence-corrected chi connectivity index (χ1v) is 8.86. The monoisotopic (exact) mass is 284 g/mol. The quantitative estimate of drug-likeness (QED) is 0.811. The van der Waals surface area contributed by atoms with E-state index in [1.807, 2.05) is 0 Å². The molecule has 0 aromatic carbocycles. The van der Waals surface area contributed by atoms with Crippen molar-refractivity contribution >= 4 is 6.21 Å². The number of nitrogens with zero attached hydrogens (tertiary/aromatic N) is 1. The molecule has 1 saturated heterocycles. The Balaban J connectivity index is 1.91. The van der Waals surface area contributed by atoms with Crippen molar-refractivity contribution in [1.82, 2.24) is 5.32 Å². The van der Waals surface area contributed by atoms with Gasteiger partial charge in [-0.05, 0) is 48.2 Å². The van der Waals surface area contributed by atoms with Crippen LogP contribution in [0.15, 0.2) is 27.9 Å². The maximum atomic E-state index is 4.84. The summed E-state index contributed by atoms with van der Waals surface area (Å²) in [5.74, 6) is 2.28. The summed E-state index contributed by atoms with van der Waals surface area (Å²) in [6.07, 6.45) is 10.8. The fourth-order valence-corrected chi connectivity index (χ4v) is 5.66. The van der Waals surface area contributed by atoms with E-state index < -0.39 is 0 Å². The Morgan fingerprint density at radius 3 is 3.00 bits per heavy atom. The van der Waals surface area contributed by atoms with Crippen molar-refractivity contribution in [2.24, 2.45) is 28.2 Å². The lowest BCUT2D eigenvalue weighted by molar-refractivity contribution is 0.0902. The number of fused-ring (bicyclic) bond motifs is 2. The van der Waals surface area contributed by atoms with Crippen LogP contribution < -0.4 is 5.32 Å². The lowest BCUT2D eigenvalue weighted by Gasteiger charge is -2.46. The molecule has 4 rings (SSSR count). The van der Waals surface area contributed by atoms with Gasteiger partial charge in [-0.1, -0.05) is 32.8 Å². The molecular weight excluding hydrogens is 256 g/mol. The number of hydrogen-bond donors (Lipinski definition) is 1. The first-order valence-electron chi connectivity index (χ1n) is 8.86. The molecule has 0 spiro atoms. The van der Waals surface area contributed by atoms with Crippen molar-refractivity contribution in [3.63, 3.8) is 0 Å². The summed E-state index contributed by atoms with van der Waals surface area (Å²) in [6, 6.07) is 0.653. The van der Waals surface area contributed by atoms with Gasteiger partial charge in [0.1, 0.15) is 0 Å². The van der Waals surface area contributed by atoms with E-state index in [0.29, 0.717) is 11.5 Å². The molecule has 4 bridgehead atoms. The third kappa shape index (κ3) is 1.80. The zero-order chi connectivity index (χ0) is 14.6. The van der Waals surface area contributed by atoms with E-state index in [2.05, 4.69) is 38.4 Å². The Morgan fingerprint density at radius 1 is 1.38 bits per heavy atom. The smallest absolute Gasteiger partial charge is 0.0448 e. The lowest BCUT2D eigenvalue weighted by atomic mass is 9.59. The second-order valence-electron chi connectivity index (χ2n) is 7.70. The van der Waals surface area contributed by atoms with E-state index >= 15 is 0 Å². The Morgan fingerprint density at radius 2 is 2.24 bits per heavy atom. The van der Waals surface area contributed by atoms with Crippen LogP contribution in [-0.2, 0) is 0 Å². The van der Waals surface area contributed by atoms with Crippen LogP contribution in [-0.4, -0.2) is 18.8 Å². The summed E-state index contributed by atoms with van der Waals surface area (Å²) in [5, 5.41) is 3.96. The van der Waals surface area contributed by atoms with Crippen molar-refractivity contribution in [2.45, 2.75) is 58.9 Å². The van der Waals surface area contributed by atoms with Gasteiger partial charge in [0.2, 0.25) is 0 Å². The van der Waals surface area contributed by atoms with Crippen LogP contribution in [0.25, 0.3) is 0 Å². The predicted molar refractivity (Wildman–Crippen MR) is 88.4 cm³/mol. The summed E-state index contributed by atoms with van der Waals surface area (Å²) < 4.78 is 0. The molecular formula is C19H28N2. The normalized spacial score (nSPS) is 44.0. The summed E-state index contributed by atoms with van der Waals surface area (Å²) in [5.41, 5.74) is 5.23. The van der Waals surface area contributed by atoms with Gasteiger partial charge in [0, 0.05) is 36.8 Å². The molecule has 0 aromatic rings. The lowest BCUT2D eigenvalue weighted by Crippen LogP contribution is -2.47. The zero-order valence-corrected chi connectivity index (χ0v) is 13.7. The maximum absolute atomic E-state index is 4.84. The molecule has 2 heteroatoms. The van der Waals surface area contributed by atoms with Gasteiger partial charge in [0.25, 0.3) is 0 Å². The minimum absolute atomic E-state index is 0.372. The van der Waals surface area contributed by atoms with E-state index in [9.17, 15) is 0 Å². The molecule has 2 aliphatic heterocycles. The topological polar surface area (TPSA) is 24.4 Å². The van der Waals surface area contributed by atoms with Crippen LogP contribution in [0.3, 0.4) is 0 Å². The molecule has 2 nitrogen and oxygen atoms in total. The van der Waals surface area contributed by atoms with E-state index in [-0.39, 0.29) is 0 Å². The second-order valence-corrected chi connectivity index (χ2v) is 7.70. The second kappa shape index (κ2) is 4.72. The van der Waals surface area contributed by atoms with E-state index in [4.69, 9.17) is 4.99 Å². The van der Waals surface area contributed by atoms with Gasteiger partial charge in [-0.2, -0.15) is 0 Å². The fourth-order valence-electron chi connectivity index (χ4n) is 5.66. The molecule has 5 unspecified atom stereocenters. The highest BCUT2D eigenvalue weighted by Crippen LogP contribution is 2.54. The fraction of sp³-hybridized carbons (Fsp3) is 0.737. The minimum Gasteiger partial charge on any atom is -0.385 e. The molecule has 5 atom stereocenters. The number of rotatable bonds is 2. The van der Waals surface area contributed by atoms with E-state index in [1.165, 1.54) is 31.4 Å². The van der Waals surface area contributed by atoms with Crippen LogP contribution in [0.4, 0.5) is 0 Å². The Kier molecular flexibility index (Phi) is 3.06. The van der Waals surface area contributed by atoms with Crippen LogP contribution in [0.2, 0.25) is 0 Å². The number of hydrogen-bond acceptors (Lipinski definition) is 2. The van der Waals surface area contributed by atoms with Crippen molar-refractivity contribution in [3.05, 3.63) is 22.9 Å². The van der Waals surface area contributed by atoms with Gasteiger partial charge in [0.15, 0.2) is 0 Å². The van der Waals surface area contributed by atoms with Crippen LogP contribution in [0.5, 0.6) is 0 Å². The Labute approximate surface area is 128 Å². The van der Waals surface area contributed by atoms with Crippen LogP contribution in [0.1, 0.15) is 52.9 Å². The minimum atomic E-state index is 0.372. The molecule has 2 heterocycles. The Bertz CT molecular complexity index is 542. The van der Waals surface area contributed by atoms with Crippen LogP contribution >= 0.6 is 0 Å². The first-order chi connectivity index (χ1) is 10.2. The molecule has 4 aliphatic rings. The maximum Gasteiger partial charge on any atom is 0.0448 e. The molecule has 0 amide bonds. The first kappa shape index (κ1) is 13.6. The number of aliphatic imine (C=N–C) groups is 1. The average molecular weight is 284 g/mol. The van der Waals surface area contributed by atoms with Crippen molar-refractivity contribution in [2.75, 3.05) is 6.54 Å². The van der Waals surface area contributed by atoms with Gasteiger partial charge < -0.3 is 5.32 Å². The average Bonchev–Trinajstić information content (AvgIpc) is 2.80. The third-order valence-corrected chi connectivity index (χ3v) is 6.96. The zero-order valence-electron chi connectivity index (χ0n) is 13.7. The van der Waals surface area contributed by atoms with Crippen molar-refractivity contribution in [1.29, 1.82) is 0 Å². The molecule has 1 N–H and O–H groups in total. The standard InChI is InChI=1S/C19H28N2/c1-4-16-18-12(3)15-8-14-10-19(16,5-2)11-20-7-6-13(14)9-17(15)21-18/h7,9,12,15-16,18,21H,4-6,8,10-11H2,1-3H3. The molecule has 21 heavy (non-hydrogen) atoms. The number of allylic oxidation sites excluding steroid dienone is 4. The molecule has 1 saturated carbocycles. The molecule has 2 aliphatic carbocycles.